The van der Waals surface area contributed by atoms with Gasteiger partial charge in [0, 0.05) is 5.56 Å². The Morgan fingerprint density at radius 3 is 2.50 bits per heavy atom. The van der Waals surface area contributed by atoms with Gasteiger partial charge in [0.05, 0.1) is 14.9 Å². The van der Waals surface area contributed by atoms with Gasteiger partial charge in [0.2, 0.25) is 0 Å². The molecule has 1 aromatic rings. The van der Waals surface area contributed by atoms with Gasteiger partial charge in [-0.15, -0.1) is 0 Å². The van der Waals surface area contributed by atoms with Crippen LogP contribution in [0.5, 0.6) is 0 Å². The maximum atomic E-state index is 12.1. The molecule has 0 radical (unpaired) electrons. The highest BCUT2D eigenvalue weighted by molar-refractivity contribution is 9.10. The van der Waals surface area contributed by atoms with Crippen molar-refractivity contribution in [1.82, 2.24) is 0 Å². The fourth-order valence-electron chi connectivity index (χ4n) is 1.27. The second-order valence-corrected chi connectivity index (χ2v) is 5.58. The molecule has 1 nitrogen and oxygen atoms in total. The van der Waals surface area contributed by atoms with Crippen LogP contribution in [0.4, 0.5) is 0 Å². The molecule has 0 N–H and O–H groups in total. The topological polar surface area (TPSA) is 17.1 Å². The Bertz CT molecular complexity index is 393. The van der Waals surface area contributed by atoms with E-state index in [0.717, 1.165) is 6.42 Å². The zero-order chi connectivity index (χ0) is 12.3. The van der Waals surface area contributed by atoms with Crippen LogP contribution in [0, 0.1) is 5.92 Å². The Morgan fingerprint density at radius 1 is 1.38 bits per heavy atom. The Morgan fingerprint density at radius 2 is 2.00 bits per heavy atom. The summed E-state index contributed by atoms with van der Waals surface area (Å²) in [4.78, 5) is 11.9. The molecule has 0 aliphatic rings. The standard InChI is InChI=1S/C12H13BrCl2O/c1-3-7(2)11(13)12(16)8-4-5-9(14)10(15)6-8/h4-7,11H,3H2,1-2H3. The number of alkyl halides is 1. The fraction of sp³-hybridized carbons (Fsp3) is 0.417. The third-order valence-corrected chi connectivity index (χ3v) is 4.66. The summed E-state index contributed by atoms with van der Waals surface area (Å²) in [5.41, 5.74) is 0.594. The van der Waals surface area contributed by atoms with E-state index in [2.05, 4.69) is 22.9 Å². The van der Waals surface area contributed by atoms with Crippen LogP contribution in [0.1, 0.15) is 30.6 Å². The summed E-state index contributed by atoms with van der Waals surface area (Å²) in [5.74, 6) is 0.342. The molecule has 1 aromatic carbocycles. The molecule has 16 heavy (non-hydrogen) atoms. The second kappa shape index (κ2) is 6.04. The van der Waals surface area contributed by atoms with Crippen molar-refractivity contribution in [2.75, 3.05) is 0 Å². The highest BCUT2D eigenvalue weighted by Crippen LogP contribution is 2.26. The zero-order valence-electron chi connectivity index (χ0n) is 9.14. The van der Waals surface area contributed by atoms with Crippen molar-refractivity contribution < 1.29 is 4.79 Å². The molecule has 0 saturated heterocycles. The lowest BCUT2D eigenvalue weighted by Crippen LogP contribution is -2.21. The number of carbonyl (C=O) groups is 1. The summed E-state index contributed by atoms with van der Waals surface area (Å²) >= 11 is 15.1. The maximum Gasteiger partial charge on any atom is 0.176 e. The molecule has 88 valence electrons. The molecule has 0 spiro atoms. The van der Waals surface area contributed by atoms with Gasteiger partial charge in [0.15, 0.2) is 5.78 Å². The van der Waals surface area contributed by atoms with Crippen LogP contribution in [-0.4, -0.2) is 10.6 Å². The number of benzene rings is 1. The van der Waals surface area contributed by atoms with Crippen LogP contribution in [0.25, 0.3) is 0 Å². The van der Waals surface area contributed by atoms with E-state index in [9.17, 15) is 4.79 Å². The highest BCUT2D eigenvalue weighted by atomic mass is 79.9. The van der Waals surface area contributed by atoms with Gasteiger partial charge in [-0.2, -0.15) is 0 Å². The number of rotatable bonds is 4. The lowest BCUT2D eigenvalue weighted by Gasteiger charge is -2.15. The van der Waals surface area contributed by atoms with Crippen LogP contribution in [0.3, 0.4) is 0 Å². The van der Waals surface area contributed by atoms with E-state index < -0.39 is 0 Å². The second-order valence-electron chi connectivity index (χ2n) is 3.78. The van der Waals surface area contributed by atoms with Crippen molar-refractivity contribution >= 4 is 44.9 Å². The van der Waals surface area contributed by atoms with Crippen molar-refractivity contribution in [2.45, 2.75) is 25.1 Å². The van der Waals surface area contributed by atoms with Crippen LogP contribution >= 0.6 is 39.1 Å². The minimum Gasteiger partial charge on any atom is -0.293 e. The molecule has 0 aliphatic heterocycles. The number of hydrogen-bond acceptors (Lipinski definition) is 1. The highest BCUT2D eigenvalue weighted by Gasteiger charge is 2.22. The third kappa shape index (κ3) is 3.22. The van der Waals surface area contributed by atoms with Crippen LogP contribution in [-0.2, 0) is 0 Å². The molecule has 0 fully saturated rings. The summed E-state index contributed by atoms with van der Waals surface area (Å²) < 4.78 is 0. The van der Waals surface area contributed by atoms with E-state index >= 15 is 0 Å². The van der Waals surface area contributed by atoms with Gasteiger partial charge in [-0.3, -0.25) is 4.79 Å². The van der Waals surface area contributed by atoms with Crippen molar-refractivity contribution in [1.29, 1.82) is 0 Å². The van der Waals surface area contributed by atoms with Gasteiger partial charge >= 0.3 is 0 Å². The average Bonchev–Trinajstić information content (AvgIpc) is 2.29. The minimum absolute atomic E-state index is 0.0490. The average molecular weight is 324 g/mol. The first kappa shape index (κ1) is 14.0. The van der Waals surface area contributed by atoms with Crippen LogP contribution in [0.15, 0.2) is 18.2 Å². The molecule has 4 heteroatoms. The molecule has 0 heterocycles. The predicted molar refractivity (Wildman–Crippen MR) is 73.0 cm³/mol. The smallest absolute Gasteiger partial charge is 0.176 e. The van der Waals surface area contributed by atoms with Gasteiger partial charge in [-0.05, 0) is 24.1 Å². The Kier molecular flexibility index (Phi) is 5.29. The minimum atomic E-state index is -0.172. The molecule has 0 aromatic heterocycles. The summed E-state index contributed by atoms with van der Waals surface area (Å²) in [6.07, 6.45) is 0.947. The predicted octanol–water partition coefficient (Wildman–Crippen LogP) is 4.99. The molecular weight excluding hydrogens is 311 g/mol. The Labute approximate surface area is 114 Å². The third-order valence-electron chi connectivity index (χ3n) is 2.60. The van der Waals surface area contributed by atoms with Crippen molar-refractivity contribution in [3.05, 3.63) is 33.8 Å². The maximum absolute atomic E-state index is 12.1. The van der Waals surface area contributed by atoms with E-state index in [4.69, 9.17) is 23.2 Å². The number of carbonyl (C=O) groups excluding carboxylic acids is 1. The summed E-state index contributed by atoms with van der Waals surface area (Å²) in [6, 6.07) is 4.96. The van der Waals surface area contributed by atoms with Crippen LogP contribution < -0.4 is 0 Å². The summed E-state index contributed by atoms with van der Waals surface area (Å²) in [5, 5.41) is 0.879. The first-order chi connectivity index (χ1) is 7.47. The SMILES string of the molecule is CCC(C)C(Br)C(=O)c1ccc(Cl)c(Cl)c1. The van der Waals surface area contributed by atoms with Gasteiger partial charge in [-0.25, -0.2) is 0 Å². The van der Waals surface area contributed by atoms with E-state index in [0.29, 0.717) is 21.5 Å². The number of ketones is 1. The molecule has 0 saturated carbocycles. The van der Waals surface area contributed by atoms with Gasteiger partial charge in [-0.1, -0.05) is 59.4 Å². The molecule has 0 bridgehead atoms. The number of hydrogen-bond donors (Lipinski definition) is 0. The normalized spacial score (nSPS) is 14.6. The Balaban J connectivity index is 2.92. The molecule has 0 amide bonds. The molecule has 2 atom stereocenters. The van der Waals surface area contributed by atoms with E-state index in [1.165, 1.54) is 0 Å². The first-order valence-electron chi connectivity index (χ1n) is 5.10. The largest absolute Gasteiger partial charge is 0.293 e. The lowest BCUT2D eigenvalue weighted by molar-refractivity contribution is 0.0974. The molecule has 2 unspecified atom stereocenters. The molecule has 1 rings (SSSR count). The summed E-state index contributed by atoms with van der Waals surface area (Å²) in [7, 11) is 0. The van der Waals surface area contributed by atoms with Crippen molar-refractivity contribution in [3.63, 3.8) is 0 Å². The van der Waals surface area contributed by atoms with Crippen molar-refractivity contribution in [2.24, 2.45) is 5.92 Å². The van der Waals surface area contributed by atoms with Crippen molar-refractivity contribution in [3.8, 4) is 0 Å². The van der Waals surface area contributed by atoms with Gasteiger partial charge in [0.25, 0.3) is 0 Å². The summed E-state index contributed by atoms with van der Waals surface area (Å²) in [6.45, 7) is 4.09. The lowest BCUT2D eigenvalue weighted by atomic mass is 9.98. The number of halogens is 3. The quantitative estimate of drug-likeness (QED) is 0.563. The van der Waals surface area contributed by atoms with Crippen LogP contribution in [0.2, 0.25) is 10.0 Å². The molecular formula is C12H13BrCl2O. The molecule has 0 aliphatic carbocycles. The first-order valence-corrected chi connectivity index (χ1v) is 6.77. The zero-order valence-corrected chi connectivity index (χ0v) is 12.2. The van der Waals surface area contributed by atoms with E-state index in [-0.39, 0.29) is 10.6 Å². The monoisotopic (exact) mass is 322 g/mol. The van der Waals surface area contributed by atoms with Gasteiger partial charge in [0.1, 0.15) is 0 Å². The van der Waals surface area contributed by atoms with E-state index in [1.54, 1.807) is 18.2 Å². The number of Topliss-reactive ketones (excluding diaryl/α,β-unsaturated/α-hetero) is 1. The Hall–Kier alpha value is -0.0500. The fourth-order valence-corrected chi connectivity index (χ4v) is 2.21. The van der Waals surface area contributed by atoms with E-state index in [1.807, 2.05) is 6.92 Å². The van der Waals surface area contributed by atoms with Gasteiger partial charge < -0.3 is 0 Å².